The van der Waals surface area contributed by atoms with E-state index < -0.39 is 0 Å². The Morgan fingerprint density at radius 1 is 1.20 bits per heavy atom. The minimum Gasteiger partial charge on any atom is -0.343 e. The average Bonchev–Trinajstić information content (AvgIpc) is 2.88. The molecule has 0 aliphatic heterocycles. The highest BCUT2D eigenvalue weighted by molar-refractivity contribution is 5.76. The molecule has 0 aromatic heterocycles. The zero-order chi connectivity index (χ0) is 11.4. The van der Waals surface area contributed by atoms with Crippen molar-refractivity contribution in [3.63, 3.8) is 0 Å². The van der Waals surface area contributed by atoms with Gasteiger partial charge >= 0.3 is 0 Å². The van der Waals surface area contributed by atoms with Crippen molar-refractivity contribution < 1.29 is 4.79 Å². The van der Waals surface area contributed by atoms with E-state index in [4.69, 9.17) is 0 Å². The molecule has 2 aliphatic rings. The maximum Gasteiger partial charge on any atom is 0.222 e. The van der Waals surface area contributed by atoms with Crippen molar-refractivity contribution in [1.29, 1.82) is 0 Å². The quantitative estimate of drug-likeness (QED) is 0.702. The fourth-order valence-corrected chi connectivity index (χ4v) is 2.59. The van der Waals surface area contributed by atoms with E-state index in [1.54, 1.807) is 0 Å². The number of carbonyl (C=O) groups is 1. The Bertz CT molecular complexity index is 205. The molecule has 0 spiro atoms. The lowest BCUT2D eigenvalue weighted by Crippen LogP contribution is -2.35. The third kappa shape index (κ3) is 2.96. The smallest absolute Gasteiger partial charge is 0.222 e. The van der Waals surface area contributed by atoms with Gasteiger partial charge in [-0.05, 0) is 37.5 Å². The molecule has 1 amide bonds. The summed E-state index contributed by atoms with van der Waals surface area (Å²) < 4.78 is 0. The predicted molar refractivity (Wildman–Crippen MR) is 63.6 cm³/mol. The minimum atomic E-state index is 0.341. The molecule has 0 aromatic carbocycles. The molecule has 0 aromatic rings. The van der Waals surface area contributed by atoms with Crippen LogP contribution in [0.15, 0.2) is 0 Å². The minimum absolute atomic E-state index is 0.341. The van der Waals surface area contributed by atoms with Gasteiger partial charge < -0.3 is 4.90 Å². The molecule has 2 unspecified atom stereocenters. The summed E-state index contributed by atoms with van der Waals surface area (Å²) >= 11 is 0. The number of fused-ring (bicyclic) bond motifs is 1. The second-order valence-corrected chi connectivity index (χ2v) is 4.64. The Kier molecular flexibility index (Phi) is 4.62. The van der Waals surface area contributed by atoms with Gasteiger partial charge in [0, 0.05) is 19.5 Å². The maximum absolute atomic E-state index is 11.6. The van der Waals surface area contributed by atoms with Crippen molar-refractivity contribution in [2.24, 2.45) is 11.8 Å². The number of hydrogen-bond donors (Lipinski definition) is 0. The molecule has 0 saturated heterocycles. The molecule has 2 atom stereocenters. The predicted octanol–water partition coefficient (Wildman–Crippen LogP) is 3.07. The van der Waals surface area contributed by atoms with Crippen LogP contribution in [-0.2, 0) is 4.79 Å². The summed E-state index contributed by atoms with van der Waals surface area (Å²) in [5.74, 6) is 2.29. The normalized spacial score (nSPS) is 31.3. The van der Waals surface area contributed by atoms with Crippen LogP contribution in [0.5, 0.6) is 0 Å². The fourth-order valence-electron chi connectivity index (χ4n) is 2.59. The van der Waals surface area contributed by atoms with Crippen molar-refractivity contribution in [3.05, 3.63) is 0 Å². The monoisotopic (exact) mass is 211 g/mol. The average molecular weight is 211 g/mol. The Morgan fingerprint density at radius 2 is 1.73 bits per heavy atom. The summed E-state index contributed by atoms with van der Waals surface area (Å²) in [6.07, 6.45) is 5.69. The Hall–Kier alpha value is -0.530. The molecule has 0 heterocycles. The van der Waals surface area contributed by atoms with Crippen molar-refractivity contribution in [3.8, 4) is 0 Å². The summed E-state index contributed by atoms with van der Waals surface area (Å²) in [5.41, 5.74) is 0. The van der Waals surface area contributed by atoms with Crippen LogP contribution in [0.25, 0.3) is 0 Å². The molecule has 0 N–H and O–H groups in total. The lowest BCUT2D eigenvalue weighted by Gasteiger charge is -2.25. The van der Waals surface area contributed by atoms with Gasteiger partial charge in [-0.15, -0.1) is 0 Å². The third-order valence-corrected chi connectivity index (χ3v) is 3.62. The van der Waals surface area contributed by atoms with E-state index in [9.17, 15) is 4.79 Å². The van der Waals surface area contributed by atoms with E-state index in [1.165, 1.54) is 19.3 Å². The molecule has 0 radical (unpaired) electrons. The molecule has 2 fully saturated rings. The highest BCUT2D eigenvalue weighted by atomic mass is 16.2. The van der Waals surface area contributed by atoms with Crippen LogP contribution in [0.4, 0.5) is 0 Å². The number of amides is 1. The van der Waals surface area contributed by atoms with Crippen LogP contribution in [0.1, 0.15) is 52.9 Å². The first-order valence-corrected chi connectivity index (χ1v) is 6.48. The molecule has 2 nitrogen and oxygen atoms in total. The second-order valence-electron chi connectivity index (χ2n) is 4.64. The molecule has 15 heavy (non-hydrogen) atoms. The summed E-state index contributed by atoms with van der Waals surface area (Å²) in [5, 5.41) is 0. The molecular weight excluding hydrogens is 186 g/mol. The molecule has 0 bridgehead atoms. The highest BCUT2D eigenvalue weighted by Crippen LogP contribution is 2.52. The van der Waals surface area contributed by atoms with E-state index >= 15 is 0 Å². The summed E-state index contributed by atoms with van der Waals surface area (Å²) in [7, 11) is 1.98. The number of hydrogen-bond acceptors (Lipinski definition) is 1. The van der Waals surface area contributed by atoms with E-state index in [1.807, 2.05) is 25.8 Å². The van der Waals surface area contributed by atoms with Gasteiger partial charge in [0.1, 0.15) is 0 Å². The van der Waals surface area contributed by atoms with Crippen molar-refractivity contribution >= 4 is 5.91 Å². The van der Waals surface area contributed by atoms with E-state index in [0.717, 1.165) is 24.7 Å². The lowest BCUT2D eigenvalue weighted by atomic mass is 10.1. The van der Waals surface area contributed by atoms with Crippen LogP contribution in [0, 0.1) is 11.8 Å². The first kappa shape index (κ1) is 12.5. The second kappa shape index (κ2) is 5.53. The molecule has 2 aliphatic carbocycles. The first-order valence-electron chi connectivity index (χ1n) is 6.48. The lowest BCUT2D eigenvalue weighted by molar-refractivity contribution is -0.132. The topological polar surface area (TPSA) is 20.3 Å². The van der Waals surface area contributed by atoms with E-state index in [2.05, 4.69) is 6.92 Å². The van der Waals surface area contributed by atoms with Gasteiger partial charge in [-0.3, -0.25) is 4.79 Å². The van der Waals surface area contributed by atoms with Crippen LogP contribution in [0.2, 0.25) is 0 Å². The van der Waals surface area contributed by atoms with Gasteiger partial charge in [0.15, 0.2) is 0 Å². The first-order chi connectivity index (χ1) is 7.22. The largest absolute Gasteiger partial charge is 0.343 e. The SMILES string of the molecule is CC.CCCC(=O)N(C)C1CC2CC2C1. The van der Waals surface area contributed by atoms with Crippen LogP contribution in [-0.4, -0.2) is 23.9 Å². The maximum atomic E-state index is 11.6. The zero-order valence-corrected chi connectivity index (χ0v) is 10.6. The molecule has 88 valence electrons. The van der Waals surface area contributed by atoms with Gasteiger partial charge in [-0.2, -0.15) is 0 Å². The number of carbonyl (C=O) groups excluding carboxylic acids is 1. The molecule has 2 rings (SSSR count). The zero-order valence-electron chi connectivity index (χ0n) is 10.6. The Balaban J connectivity index is 0.000000531. The summed E-state index contributed by atoms with van der Waals surface area (Å²) in [4.78, 5) is 13.6. The molecular formula is C13H25NO. The third-order valence-electron chi connectivity index (χ3n) is 3.62. The van der Waals surface area contributed by atoms with Crippen molar-refractivity contribution in [2.45, 2.75) is 58.9 Å². The van der Waals surface area contributed by atoms with Crippen LogP contribution >= 0.6 is 0 Å². The molecule has 2 heteroatoms. The summed E-state index contributed by atoms with van der Waals surface area (Å²) in [6, 6.07) is 0.572. The van der Waals surface area contributed by atoms with E-state index in [0.29, 0.717) is 11.9 Å². The fraction of sp³-hybridized carbons (Fsp3) is 0.923. The van der Waals surface area contributed by atoms with Crippen molar-refractivity contribution in [1.82, 2.24) is 4.90 Å². The Morgan fingerprint density at radius 3 is 2.20 bits per heavy atom. The van der Waals surface area contributed by atoms with Gasteiger partial charge in [-0.1, -0.05) is 20.8 Å². The van der Waals surface area contributed by atoms with Gasteiger partial charge in [0.2, 0.25) is 5.91 Å². The number of nitrogens with zero attached hydrogens (tertiary/aromatic N) is 1. The van der Waals surface area contributed by atoms with E-state index in [-0.39, 0.29) is 0 Å². The van der Waals surface area contributed by atoms with Gasteiger partial charge in [0.05, 0.1) is 0 Å². The molecule has 2 saturated carbocycles. The van der Waals surface area contributed by atoms with Gasteiger partial charge in [0.25, 0.3) is 0 Å². The van der Waals surface area contributed by atoms with Crippen LogP contribution < -0.4 is 0 Å². The highest BCUT2D eigenvalue weighted by Gasteiger charge is 2.47. The Labute approximate surface area is 94.0 Å². The van der Waals surface area contributed by atoms with Crippen LogP contribution in [0.3, 0.4) is 0 Å². The van der Waals surface area contributed by atoms with Gasteiger partial charge in [-0.25, -0.2) is 0 Å². The summed E-state index contributed by atoms with van der Waals surface area (Å²) in [6.45, 7) is 6.07. The van der Waals surface area contributed by atoms with Crippen molar-refractivity contribution in [2.75, 3.05) is 7.05 Å². The standard InChI is InChI=1S/C11H19NO.C2H6/c1-3-4-11(13)12(2)10-6-8-5-9(8)7-10;1-2/h8-10H,3-7H2,1-2H3;1-2H3. The number of rotatable bonds is 3.